The average Bonchev–Trinajstić information content (AvgIpc) is 3.09. The molecular weight excluding hydrogens is 440 g/mol. The molecule has 3 aromatic rings. The number of halogens is 1. The van der Waals surface area contributed by atoms with E-state index in [2.05, 4.69) is 15.4 Å². The highest BCUT2D eigenvalue weighted by molar-refractivity contribution is 7.91. The zero-order valence-electron chi connectivity index (χ0n) is 16.5. The lowest BCUT2D eigenvalue weighted by molar-refractivity contribution is -0.114. The number of nitrogens with one attached hydrogen (secondary N) is 3. The van der Waals surface area contributed by atoms with E-state index in [0.29, 0.717) is 51.5 Å². The molecule has 160 valence electrons. The van der Waals surface area contributed by atoms with Gasteiger partial charge in [0.15, 0.2) is 0 Å². The lowest BCUT2D eigenvalue weighted by Gasteiger charge is -2.16. The van der Waals surface area contributed by atoms with Crippen molar-refractivity contribution in [1.82, 2.24) is 4.72 Å². The van der Waals surface area contributed by atoms with Crippen LogP contribution in [-0.4, -0.2) is 33.3 Å². The minimum atomic E-state index is -3.52. The summed E-state index contributed by atoms with van der Waals surface area (Å²) in [6, 6.07) is 15.0. The van der Waals surface area contributed by atoms with Crippen molar-refractivity contribution in [3.8, 4) is 0 Å². The molecule has 1 aliphatic rings. The molecule has 1 fully saturated rings. The number of fused-ring (bicyclic) bond motifs is 1. The van der Waals surface area contributed by atoms with Crippen molar-refractivity contribution < 1.29 is 18.0 Å². The Labute approximate surface area is 184 Å². The van der Waals surface area contributed by atoms with Crippen LogP contribution >= 0.6 is 11.6 Å². The van der Waals surface area contributed by atoms with Crippen LogP contribution < -0.4 is 19.7 Å². The maximum atomic E-state index is 12.8. The van der Waals surface area contributed by atoms with Gasteiger partial charge in [-0.3, -0.25) is 13.9 Å². The molecule has 4 rings (SSSR count). The van der Waals surface area contributed by atoms with Crippen molar-refractivity contribution in [3.05, 3.63) is 65.2 Å². The van der Waals surface area contributed by atoms with Crippen molar-refractivity contribution in [1.29, 1.82) is 0 Å². The van der Waals surface area contributed by atoms with Crippen molar-refractivity contribution in [2.75, 3.05) is 28.0 Å². The smallest absolute Gasteiger partial charge is 0.301 e. The van der Waals surface area contributed by atoms with Crippen LogP contribution in [0.2, 0.25) is 5.02 Å². The Kier molecular flexibility index (Phi) is 5.57. The van der Waals surface area contributed by atoms with Crippen LogP contribution in [-0.2, 0) is 15.0 Å². The van der Waals surface area contributed by atoms with Crippen LogP contribution in [0, 0.1) is 0 Å². The first-order chi connectivity index (χ1) is 14.8. The van der Waals surface area contributed by atoms with Gasteiger partial charge in [0.05, 0.1) is 16.4 Å². The summed E-state index contributed by atoms with van der Waals surface area (Å²) in [7, 11) is -3.52. The highest BCUT2D eigenvalue weighted by Gasteiger charge is 2.27. The number of hydrogen-bond donors (Lipinski definition) is 3. The van der Waals surface area contributed by atoms with Crippen LogP contribution in [0.25, 0.3) is 10.8 Å². The number of amides is 2. The standard InChI is InChI=1S/C21H19ClN4O4S/c1-13(27)24-19-4-2-3-16-18(10-9-17(22)20(16)19)25-21(28)14-5-7-15(8-6-14)26-12-11-23-31(26,29)30/h2-10,23H,11-12H2,1H3,(H,24,27)(H,25,28). The average molecular weight is 459 g/mol. The summed E-state index contributed by atoms with van der Waals surface area (Å²) in [6.07, 6.45) is 0. The maximum absolute atomic E-state index is 12.8. The molecule has 0 bridgehead atoms. The van der Waals surface area contributed by atoms with Gasteiger partial charge < -0.3 is 10.6 Å². The van der Waals surface area contributed by atoms with Gasteiger partial charge in [0.2, 0.25) is 5.91 Å². The third kappa shape index (κ3) is 4.20. The van der Waals surface area contributed by atoms with E-state index >= 15 is 0 Å². The fourth-order valence-electron chi connectivity index (χ4n) is 3.48. The normalized spacial score (nSPS) is 15.1. The van der Waals surface area contributed by atoms with Gasteiger partial charge in [-0.1, -0.05) is 23.7 Å². The van der Waals surface area contributed by atoms with Crippen molar-refractivity contribution in [2.45, 2.75) is 6.92 Å². The molecule has 0 spiro atoms. The van der Waals surface area contributed by atoms with E-state index in [9.17, 15) is 18.0 Å². The molecule has 2 amide bonds. The molecule has 3 N–H and O–H groups in total. The summed E-state index contributed by atoms with van der Waals surface area (Å²) in [4.78, 5) is 24.3. The SMILES string of the molecule is CC(=O)Nc1cccc2c(NC(=O)c3ccc(N4CCNS4(=O)=O)cc3)ccc(Cl)c12. The molecule has 0 atom stereocenters. The van der Waals surface area contributed by atoms with Gasteiger partial charge in [0.25, 0.3) is 5.91 Å². The minimum Gasteiger partial charge on any atom is -0.326 e. The third-order valence-electron chi connectivity index (χ3n) is 4.86. The first-order valence-electron chi connectivity index (χ1n) is 9.44. The van der Waals surface area contributed by atoms with Crippen molar-refractivity contribution in [2.24, 2.45) is 0 Å². The van der Waals surface area contributed by atoms with Crippen LogP contribution in [0.5, 0.6) is 0 Å². The van der Waals surface area contributed by atoms with E-state index < -0.39 is 10.2 Å². The summed E-state index contributed by atoms with van der Waals surface area (Å²) >= 11 is 6.35. The molecule has 8 nitrogen and oxygen atoms in total. The first-order valence-corrected chi connectivity index (χ1v) is 11.3. The van der Waals surface area contributed by atoms with E-state index in [1.165, 1.54) is 11.2 Å². The molecule has 0 unspecified atom stereocenters. The second-order valence-electron chi connectivity index (χ2n) is 6.98. The largest absolute Gasteiger partial charge is 0.326 e. The van der Waals surface area contributed by atoms with Crippen LogP contribution in [0.4, 0.5) is 17.1 Å². The maximum Gasteiger partial charge on any atom is 0.301 e. The lowest BCUT2D eigenvalue weighted by atomic mass is 10.1. The van der Waals surface area contributed by atoms with E-state index in [4.69, 9.17) is 11.6 Å². The fraction of sp³-hybridized carbons (Fsp3) is 0.143. The van der Waals surface area contributed by atoms with Crippen molar-refractivity contribution in [3.63, 3.8) is 0 Å². The van der Waals surface area contributed by atoms with Gasteiger partial charge in [-0.25, -0.2) is 0 Å². The lowest BCUT2D eigenvalue weighted by Crippen LogP contribution is -2.29. The number of anilines is 3. The molecule has 1 aliphatic heterocycles. The summed E-state index contributed by atoms with van der Waals surface area (Å²) in [6.45, 7) is 2.08. The molecule has 0 aromatic heterocycles. The monoisotopic (exact) mass is 458 g/mol. The molecule has 1 saturated heterocycles. The Morgan fingerprint density at radius 2 is 1.74 bits per heavy atom. The molecule has 0 aliphatic carbocycles. The van der Waals surface area contributed by atoms with Gasteiger partial charge in [0, 0.05) is 42.0 Å². The van der Waals surface area contributed by atoms with E-state index in [1.807, 2.05) is 0 Å². The molecular formula is C21H19ClN4O4S. The number of carbonyl (C=O) groups excluding carboxylic acids is 2. The zero-order chi connectivity index (χ0) is 22.2. The Morgan fingerprint density at radius 1 is 1.00 bits per heavy atom. The molecule has 1 heterocycles. The predicted octanol–water partition coefficient (Wildman–Crippen LogP) is 3.36. The molecule has 31 heavy (non-hydrogen) atoms. The summed E-state index contributed by atoms with van der Waals surface area (Å²) in [5.74, 6) is -0.587. The number of benzene rings is 3. The predicted molar refractivity (Wildman–Crippen MR) is 122 cm³/mol. The number of carbonyl (C=O) groups is 2. The highest BCUT2D eigenvalue weighted by atomic mass is 35.5. The van der Waals surface area contributed by atoms with Gasteiger partial charge in [-0.05, 0) is 42.5 Å². The van der Waals surface area contributed by atoms with Gasteiger partial charge in [-0.2, -0.15) is 13.1 Å². The second-order valence-corrected chi connectivity index (χ2v) is 9.06. The highest BCUT2D eigenvalue weighted by Crippen LogP contribution is 2.35. The first kappa shape index (κ1) is 21.1. The zero-order valence-corrected chi connectivity index (χ0v) is 18.0. The van der Waals surface area contributed by atoms with Gasteiger partial charge >= 0.3 is 10.2 Å². The van der Waals surface area contributed by atoms with E-state index in [0.717, 1.165) is 0 Å². The summed E-state index contributed by atoms with van der Waals surface area (Å²) < 4.78 is 27.6. The van der Waals surface area contributed by atoms with Crippen LogP contribution in [0.3, 0.4) is 0 Å². The molecule has 3 aromatic carbocycles. The number of nitrogens with zero attached hydrogens (tertiary/aromatic N) is 1. The van der Waals surface area contributed by atoms with E-state index in [-0.39, 0.29) is 11.8 Å². The van der Waals surface area contributed by atoms with Crippen LogP contribution in [0.1, 0.15) is 17.3 Å². The van der Waals surface area contributed by atoms with Gasteiger partial charge in [-0.15, -0.1) is 0 Å². The summed E-state index contributed by atoms with van der Waals surface area (Å²) in [5, 5.41) is 7.35. The molecule has 10 heteroatoms. The number of rotatable bonds is 4. The number of hydrogen-bond acceptors (Lipinski definition) is 4. The third-order valence-corrected chi connectivity index (χ3v) is 6.71. The topological polar surface area (TPSA) is 108 Å². The summed E-state index contributed by atoms with van der Waals surface area (Å²) in [5.41, 5.74) is 1.94. The van der Waals surface area contributed by atoms with Gasteiger partial charge in [0.1, 0.15) is 0 Å². The molecule has 0 saturated carbocycles. The Morgan fingerprint density at radius 3 is 2.39 bits per heavy atom. The fourth-order valence-corrected chi connectivity index (χ4v) is 4.98. The second kappa shape index (κ2) is 8.18. The minimum absolute atomic E-state index is 0.228. The van der Waals surface area contributed by atoms with Crippen LogP contribution in [0.15, 0.2) is 54.6 Å². The Balaban J connectivity index is 1.62. The Bertz CT molecular complexity index is 1290. The Hall–Kier alpha value is -3.14. The van der Waals surface area contributed by atoms with E-state index in [1.54, 1.807) is 54.6 Å². The van der Waals surface area contributed by atoms with Crippen molar-refractivity contribution >= 4 is 61.5 Å². The quantitative estimate of drug-likeness (QED) is 0.557. The molecule has 0 radical (unpaired) electrons.